The van der Waals surface area contributed by atoms with Crippen molar-refractivity contribution in [2.75, 3.05) is 0 Å². The van der Waals surface area contributed by atoms with Gasteiger partial charge in [0.25, 0.3) is 0 Å². The fourth-order valence-electron chi connectivity index (χ4n) is 9.22. The summed E-state index contributed by atoms with van der Waals surface area (Å²) in [6.07, 6.45) is 0. The third kappa shape index (κ3) is 3.68. The molecule has 2 aromatic heterocycles. The normalized spacial score (nSPS) is 12.2. The van der Waals surface area contributed by atoms with E-state index < -0.39 is 0 Å². The van der Waals surface area contributed by atoms with E-state index in [-0.39, 0.29) is 0 Å². The highest BCUT2D eigenvalue weighted by Gasteiger charge is 2.26. The van der Waals surface area contributed by atoms with Gasteiger partial charge in [0, 0.05) is 38.3 Å². The monoisotopic (exact) mass is 658 g/mol. The molecule has 11 aromatic rings. The number of hydrogen-bond acceptors (Lipinski definition) is 0. The summed E-state index contributed by atoms with van der Waals surface area (Å²) in [5.74, 6) is 0. The lowest BCUT2D eigenvalue weighted by atomic mass is 9.97. The van der Waals surface area contributed by atoms with Crippen molar-refractivity contribution in [1.82, 2.24) is 9.13 Å². The molecule has 0 bridgehead atoms. The molecule has 2 heteroatoms. The minimum Gasteiger partial charge on any atom is -0.309 e. The Morgan fingerprint density at radius 2 is 0.827 bits per heavy atom. The van der Waals surface area contributed by atoms with E-state index in [0.29, 0.717) is 0 Å². The maximum Gasteiger partial charge on any atom is 0.0620 e. The molecule has 0 amide bonds. The second kappa shape index (κ2) is 10.3. The summed E-state index contributed by atoms with van der Waals surface area (Å²) < 4.78 is 4.87. The van der Waals surface area contributed by atoms with Gasteiger partial charge in [-0.1, -0.05) is 133 Å². The first-order valence-electron chi connectivity index (χ1n) is 18.0. The molecule has 52 heavy (non-hydrogen) atoms. The molecule has 0 aliphatic heterocycles. The molecule has 0 spiro atoms. The van der Waals surface area contributed by atoms with Crippen LogP contribution in [0.25, 0.3) is 110 Å². The third-order valence-electron chi connectivity index (χ3n) is 11.4. The van der Waals surface area contributed by atoms with Crippen LogP contribution in [0.4, 0.5) is 0 Å². The summed E-state index contributed by atoms with van der Waals surface area (Å²) in [6, 6.07) is 67.1. The van der Waals surface area contributed by atoms with Gasteiger partial charge in [-0.2, -0.15) is 0 Å². The highest BCUT2D eigenvalue weighted by atomic mass is 15.0. The Hall–Kier alpha value is -6.90. The summed E-state index contributed by atoms with van der Waals surface area (Å²) in [5.41, 5.74) is 15.0. The van der Waals surface area contributed by atoms with E-state index in [1.165, 1.54) is 104 Å². The topological polar surface area (TPSA) is 9.86 Å². The van der Waals surface area contributed by atoms with Gasteiger partial charge in [-0.3, -0.25) is 0 Å². The number of nitrogens with zero attached hydrogens (tertiary/aromatic N) is 2. The zero-order valence-corrected chi connectivity index (χ0v) is 28.2. The van der Waals surface area contributed by atoms with E-state index in [9.17, 15) is 0 Å². The number of hydrogen-bond donors (Lipinski definition) is 0. The van der Waals surface area contributed by atoms with Crippen molar-refractivity contribution in [2.45, 2.75) is 0 Å². The Morgan fingerprint density at radius 3 is 1.52 bits per heavy atom. The maximum atomic E-state index is 2.50. The van der Waals surface area contributed by atoms with Crippen LogP contribution in [0.15, 0.2) is 182 Å². The fraction of sp³-hybridized carbons (Fsp3) is 0. The predicted octanol–water partition coefficient (Wildman–Crippen LogP) is 13.5. The first kappa shape index (κ1) is 27.9. The molecule has 0 unspecified atom stereocenters. The maximum absolute atomic E-state index is 2.50. The molecule has 2 heterocycles. The average molecular weight is 659 g/mol. The van der Waals surface area contributed by atoms with Crippen LogP contribution in [0.5, 0.6) is 0 Å². The average Bonchev–Trinajstić information content (AvgIpc) is 3.85. The number of rotatable bonds is 3. The number of para-hydroxylation sites is 2. The highest BCUT2D eigenvalue weighted by Crippen LogP contribution is 2.51. The van der Waals surface area contributed by atoms with Crippen LogP contribution in [0.1, 0.15) is 0 Å². The Morgan fingerprint density at radius 1 is 0.288 bits per heavy atom. The second-order valence-corrected chi connectivity index (χ2v) is 14.1. The van der Waals surface area contributed by atoms with Gasteiger partial charge in [-0.25, -0.2) is 0 Å². The van der Waals surface area contributed by atoms with Crippen molar-refractivity contribution in [3.63, 3.8) is 0 Å². The van der Waals surface area contributed by atoms with Crippen LogP contribution in [0.3, 0.4) is 0 Å². The van der Waals surface area contributed by atoms with Gasteiger partial charge in [0.2, 0.25) is 0 Å². The molecular formula is C50H30N2. The lowest BCUT2D eigenvalue weighted by Gasteiger charge is -2.13. The molecule has 0 radical (unpaired) electrons. The van der Waals surface area contributed by atoms with Crippen LogP contribution in [-0.2, 0) is 0 Å². The molecule has 9 aromatic carbocycles. The van der Waals surface area contributed by atoms with Crippen LogP contribution >= 0.6 is 0 Å². The summed E-state index contributed by atoms with van der Waals surface area (Å²) in [4.78, 5) is 0. The van der Waals surface area contributed by atoms with Gasteiger partial charge in [0.05, 0.1) is 22.1 Å². The highest BCUT2D eigenvalue weighted by molar-refractivity contribution is 6.31. The van der Waals surface area contributed by atoms with E-state index in [1.807, 2.05) is 0 Å². The van der Waals surface area contributed by atoms with Gasteiger partial charge in [-0.05, 0) is 98.1 Å². The fourth-order valence-corrected chi connectivity index (χ4v) is 9.22. The second-order valence-electron chi connectivity index (χ2n) is 14.1. The number of aromatic nitrogens is 2. The predicted molar refractivity (Wildman–Crippen MR) is 220 cm³/mol. The summed E-state index contributed by atoms with van der Waals surface area (Å²) in [5, 5.41) is 10.4. The van der Waals surface area contributed by atoms with Gasteiger partial charge >= 0.3 is 0 Å². The van der Waals surface area contributed by atoms with Crippen molar-refractivity contribution in [2.24, 2.45) is 0 Å². The van der Waals surface area contributed by atoms with Gasteiger partial charge in [0.1, 0.15) is 0 Å². The molecule has 12 rings (SSSR count). The molecule has 0 saturated heterocycles. The van der Waals surface area contributed by atoms with E-state index in [4.69, 9.17) is 0 Å². The molecular weight excluding hydrogens is 629 g/mol. The molecule has 0 fully saturated rings. The van der Waals surface area contributed by atoms with Crippen LogP contribution in [-0.4, -0.2) is 9.13 Å². The first-order valence-corrected chi connectivity index (χ1v) is 18.0. The minimum atomic E-state index is 1.16. The Kier molecular flexibility index (Phi) is 5.53. The lowest BCUT2D eigenvalue weighted by molar-refractivity contribution is 1.18. The van der Waals surface area contributed by atoms with Crippen LogP contribution in [0, 0.1) is 0 Å². The standard InChI is InChI=1S/C50H30N2/c1-2-11-36-33(10-1)24-29-47-49(36)44-30-43-38-13-4-3-12-37(38)41-16-9-17-42(48(41)43)50(44)52(47)35-27-22-32(23-28-35)31-20-25-34(26-21-31)51-45-18-7-5-14-39(45)40-15-6-8-19-46(40)51/h1-30H. The molecule has 0 N–H and O–H groups in total. The third-order valence-corrected chi connectivity index (χ3v) is 11.4. The zero-order valence-electron chi connectivity index (χ0n) is 28.2. The van der Waals surface area contributed by atoms with Gasteiger partial charge < -0.3 is 9.13 Å². The van der Waals surface area contributed by atoms with Crippen molar-refractivity contribution in [3.05, 3.63) is 182 Å². The number of benzene rings is 9. The van der Waals surface area contributed by atoms with E-state index >= 15 is 0 Å². The zero-order chi connectivity index (χ0) is 33.9. The minimum absolute atomic E-state index is 1.16. The van der Waals surface area contributed by atoms with E-state index in [2.05, 4.69) is 191 Å². The molecule has 240 valence electrons. The van der Waals surface area contributed by atoms with Gasteiger partial charge in [-0.15, -0.1) is 0 Å². The van der Waals surface area contributed by atoms with E-state index in [1.54, 1.807) is 0 Å². The van der Waals surface area contributed by atoms with Crippen LogP contribution < -0.4 is 0 Å². The Labute approximate surface area is 300 Å². The summed E-state index contributed by atoms with van der Waals surface area (Å²) in [6.45, 7) is 0. The molecule has 2 nitrogen and oxygen atoms in total. The van der Waals surface area contributed by atoms with Crippen molar-refractivity contribution < 1.29 is 0 Å². The SMILES string of the molecule is c1ccc2c(c1)-c1cccc3c1c-2cc1c2c4ccccc4ccc2n(-c2ccc(-c4ccc(-n5c6ccccc6c6ccccc65)cc4)cc2)c31. The quantitative estimate of drug-likeness (QED) is 0.179. The Balaban J connectivity index is 1.04. The van der Waals surface area contributed by atoms with Crippen molar-refractivity contribution in [1.29, 1.82) is 0 Å². The molecule has 1 aliphatic carbocycles. The summed E-state index contributed by atoms with van der Waals surface area (Å²) >= 11 is 0. The largest absolute Gasteiger partial charge is 0.309 e. The van der Waals surface area contributed by atoms with E-state index in [0.717, 1.165) is 5.69 Å². The molecule has 0 saturated carbocycles. The van der Waals surface area contributed by atoms with Crippen molar-refractivity contribution >= 4 is 65.2 Å². The number of fused-ring (bicyclic) bond motifs is 12. The first-order chi connectivity index (χ1) is 25.8. The Bertz CT molecular complexity index is 3210. The van der Waals surface area contributed by atoms with Gasteiger partial charge in [0.15, 0.2) is 0 Å². The van der Waals surface area contributed by atoms with Crippen LogP contribution in [0.2, 0.25) is 0 Å². The smallest absolute Gasteiger partial charge is 0.0620 e. The molecule has 0 atom stereocenters. The molecule has 1 aliphatic rings. The lowest BCUT2D eigenvalue weighted by Crippen LogP contribution is -1.95. The van der Waals surface area contributed by atoms with Crippen molar-refractivity contribution in [3.8, 4) is 44.8 Å². The summed E-state index contributed by atoms with van der Waals surface area (Å²) in [7, 11) is 0.